The number of amides is 2. The van der Waals surface area contributed by atoms with Gasteiger partial charge in [-0.05, 0) is 19.4 Å². The number of carbonyl (C=O) groups excluding carboxylic acids is 2. The lowest BCUT2D eigenvalue weighted by Gasteiger charge is -2.23. The van der Waals surface area contributed by atoms with Crippen molar-refractivity contribution in [2.45, 2.75) is 25.3 Å². The van der Waals surface area contributed by atoms with Gasteiger partial charge in [-0.3, -0.25) is 9.59 Å². The van der Waals surface area contributed by atoms with Gasteiger partial charge in [0.1, 0.15) is 0 Å². The largest absolute Gasteiger partial charge is 0.355 e. The molecule has 0 bridgehead atoms. The highest BCUT2D eigenvalue weighted by Crippen LogP contribution is 2.11. The van der Waals surface area contributed by atoms with Gasteiger partial charge in [0.15, 0.2) is 0 Å². The second kappa shape index (κ2) is 4.61. The van der Waals surface area contributed by atoms with Gasteiger partial charge in [-0.2, -0.15) is 0 Å². The minimum absolute atomic E-state index is 0.0386. The molecule has 15 heavy (non-hydrogen) atoms. The predicted molar refractivity (Wildman–Crippen MR) is 55.2 cm³/mol. The molecule has 84 valence electrons. The molecule has 3 N–H and O–H groups in total. The summed E-state index contributed by atoms with van der Waals surface area (Å²) in [4.78, 5) is 22.7. The van der Waals surface area contributed by atoms with Gasteiger partial charge in [0, 0.05) is 25.6 Å². The number of hydrogen-bond donors (Lipinski definition) is 3. The first-order valence-electron chi connectivity index (χ1n) is 5.53. The molecule has 2 fully saturated rings. The van der Waals surface area contributed by atoms with Crippen molar-refractivity contribution in [3.63, 3.8) is 0 Å². The Morgan fingerprint density at radius 2 is 2.20 bits per heavy atom. The topological polar surface area (TPSA) is 70.2 Å². The molecule has 2 amide bonds. The summed E-state index contributed by atoms with van der Waals surface area (Å²) in [6.45, 7) is 2.34. The summed E-state index contributed by atoms with van der Waals surface area (Å²) in [6, 6.07) is 0.273. The van der Waals surface area contributed by atoms with E-state index in [1.165, 1.54) is 0 Å². The zero-order valence-corrected chi connectivity index (χ0v) is 8.71. The lowest BCUT2D eigenvalue weighted by atomic mass is 9.98. The van der Waals surface area contributed by atoms with Crippen molar-refractivity contribution < 1.29 is 9.59 Å². The Bertz CT molecular complexity index is 251. The molecule has 5 nitrogen and oxygen atoms in total. The minimum Gasteiger partial charge on any atom is -0.355 e. The highest BCUT2D eigenvalue weighted by molar-refractivity contribution is 5.83. The van der Waals surface area contributed by atoms with E-state index in [0.29, 0.717) is 19.4 Å². The number of hydrogen-bond acceptors (Lipinski definition) is 3. The van der Waals surface area contributed by atoms with E-state index in [1.54, 1.807) is 0 Å². The third kappa shape index (κ3) is 2.68. The van der Waals surface area contributed by atoms with E-state index in [-0.39, 0.29) is 23.8 Å². The molecule has 2 aliphatic heterocycles. The van der Waals surface area contributed by atoms with Gasteiger partial charge >= 0.3 is 0 Å². The van der Waals surface area contributed by atoms with Gasteiger partial charge in [0.2, 0.25) is 11.8 Å². The van der Waals surface area contributed by atoms with Crippen LogP contribution in [0.15, 0.2) is 0 Å². The van der Waals surface area contributed by atoms with Crippen LogP contribution in [0, 0.1) is 5.92 Å². The van der Waals surface area contributed by atoms with Gasteiger partial charge in [0.05, 0.1) is 5.92 Å². The SMILES string of the molecule is O=C1CCC(C(=O)N[C@@H]2CCNC2)CN1. The van der Waals surface area contributed by atoms with Crippen LogP contribution < -0.4 is 16.0 Å². The number of piperidine rings is 1. The van der Waals surface area contributed by atoms with Crippen LogP contribution in [-0.4, -0.2) is 37.5 Å². The molecule has 2 aliphatic rings. The molecule has 0 saturated carbocycles. The molecule has 0 radical (unpaired) electrons. The Hall–Kier alpha value is -1.10. The van der Waals surface area contributed by atoms with Crippen LogP contribution in [0.5, 0.6) is 0 Å². The van der Waals surface area contributed by atoms with E-state index < -0.39 is 0 Å². The third-order valence-corrected chi connectivity index (χ3v) is 3.04. The maximum Gasteiger partial charge on any atom is 0.225 e. The predicted octanol–water partition coefficient (Wildman–Crippen LogP) is -1.01. The Morgan fingerprint density at radius 3 is 2.80 bits per heavy atom. The molecular weight excluding hydrogens is 194 g/mol. The Kier molecular flexibility index (Phi) is 3.20. The van der Waals surface area contributed by atoms with Crippen molar-refractivity contribution in [1.82, 2.24) is 16.0 Å². The van der Waals surface area contributed by atoms with Gasteiger partial charge in [-0.1, -0.05) is 0 Å². The fourth-order valence-electron chi connectivity index (χ4n) is 2.05. The minimum atomic E-state index is -0.0386. The summed E-state index contributed by atoms with van der Waals surface area (Å²) in [5.41, 5.74) is 0. The maximum absolute atomic E-state index is 11.8. The molecule has 1 unspecified atom stereocenters. The molecule has 0 aromatic rings. The normalized spacial score (nSPS) is 31.1. The van der Waals surface area contributed by atoms with Gasteiger partial charge in [-0.25, -0.2) is 0 Å². The summed E-state index contributed by atoms with van der Waals surface area (Å²) in [5.74, 6) is 0.105. The molecule has 0 aliphatic carbocycles. The second-order valence-electron chi connectivity index (χ2n) is 4.24. The average Bonchev–Trinajstić information content (AvgIpc) is 2.71. The first-order chi connectivity index (χ1) is 7.25. The Balaban J connectivity index is 1.77. The first kappa shape index (κ1) is 10.4. The maximum atomic E-state index is 11.8. The summed E-state index contributed by atoms with van der Waals surface area (Å²) in [5, 5.41) is 8.94. The fourth-order valence-corrected chi connectivity index (χ4v) is 2.05. The van der Waals surface area contributed by atoms with Crippen LogP contribution in [0.25, 0.3) is 0 Å². The van der Waals surface area contributed by atoms with E-state index >= 15 is 0 Å². The molecule has 5 heteroatoms. The zero-order valence-electron chi connectivity index (χ0n) is 8.71. The Labute approximate surface area is 89.0 Å². The molecule has 0 aromatic heterocycles. The van der Waals surface area contributed by atoms with Gasteiger partial charge in [-0.15, -0.1) is 0 Å². The molecule has 2 heterocycles. The zero-order chi connectivity index (χ0) is 10.7. The smallest absolute Gasteiger partial charge is 0.225 e. The third-order valence-electron chi connectivity index (χ3n) is 3.04. The van der Waals surface area contributed by atoms with E-state index in [0.717, 1.165) is 19.5 Å². The first-order valence-corrected chi connectivity index (χ1v) is 5.53. The van der Waals surface area contributed by atoms with E-state index in [4.69, 9.17) is 0 Å². The molecule has 0 aromatic carbocycles. The highest BCUT2D eigenvalue weighted by atomic mass is 16.2. The van der Waals surface area contributed by atoms with Crippen LogP contribution in [0.4, 0.5) is 0 Å². The van der Waals surface area contributed by atoms with Crippen LogP contribution in [0.2, 0.25) is 0 Å². The molecular formula is C10H17N3O2. The number of nitrogens with one attached hydrogen (secondary N) is 3. The van der Waals surface area contributed by atoms with Crippen LogP contribution in [-0.2, 0) is 9.59 Å². The molecule has 2 saturated heterocycles. The second-order valence-corrected chi connectivity index (χ2v) is 4.24. The monoisotopic (exact) mass is 211 g/mol. The Morgan fingerprint density at radius 1 is 1.33 bits per heavy atom. The summed E-state index contributed by atoms with van der Waals surface area (Å²) >= 11 is 0. The van der Waals surface area contributed by atoms with Crippen LogP contribution in [0.1, 0.15) is 19.3 Å². The van der Waals surface area contributed by atoms with Crippen LogP contribution in [0.3, 0.4) is 0 Å². The van der Waals surface area contributed by atoms with E-state index in [1.807, 2.05) is 0 Å². The van der Waals surface area contributed by atoms with Crippen molar-refractivity contribution in [3.8, 4) is 0 Å². The molecule has 0 spiro atoms. The number of rotatable bonds is 2. The van der Waals surface area contributed by atoms with Crippen molar-refractivity contribution in [2.24, 2.45) is 5.92 Å². The summed E-state index contributed by atoms with van der Waals surface area (Å²) in [7, 11) is 0. The molecule has 2 rings (SSSR count). The fraction of sp³-hybridized carbons (Fsp3) is 0.800. The highest BCUT2D eigenvalue weighted by Gasteiger charge is 2.26. The van der Waals surface area contributed by atoms with E-state index in [9.17, 15) is 9.59 Å². The van der Waals surface area contributed by atoms with Crippen molar-refractivity contribution in [1.29, 1.82) is 0 Å². The number of carbonyl (C=O) groups is 2. The van der Waals surface area contributed by atoms with Crippen molar-refractivity contribution in [3.05, 3.63) is 0 Å². The van der Waals surface area contributed by atoms with Crippen LogP contribution >= 0.6 is 0 Å². The van der Waals surface area contributed by atoms with Gasteiger partial charge < -0.3 is 16.0 Å². The summed E-state index contributed by atoms with van der Waals surface area (Å²) < 4.78 is 0. The van der Waals surface area contributed by atoms with E-state index in [2.05, 4.69) is 16.0 Å². The van der Waals surface area contributed by atoms with Crippen molar-refractivity contribution >= 4 is 11.8 Å². The lowest BCUT2D eigenvalue weighted by Crippen LogP contribution is -2.46. The summed E-state index contributed by atoms with van der Waals surface area (Å²) in [6.07, 6.45) is 2.16. The van der Waals surface area contributed by atoms with Crippen molar-refractivity contribution in [2.75, 3.05) is 19.6 Å². The average molecular weight is 211 g/mol. The lowest BCUT2D eigenvalue weighted by molar-refractivity contribution is -0.129. The van der Waals surface area contributed by atoms with Gasteiger partial charge in [0.25, 0.3) is 0 Å². The molecule has 2 atom stereocenters. The standard InChI is InChI=1S/C10H17N3O2/c14-9-2-1-7(5-12-9)10(15)13-8-3-4-11-6-8/h7-8,11H,1-6H2,(H,12,14)(H,13,15)/t7?,8-/m1/s1. The quantitative estimate of drug-likeness (QED) is 0.548.